The van der Waals surface area contributed by atoms with E-state index in [1.807, 2.05) is 0 Å². The molecule has 3 fully saturated rings. The SMILES string of the molecule is CC1CCC(C2CCC(C3CCC(=O)CC3)CC2)CC1. The minimum atomic E-state index is 0.520. The Bertz CT molecular complexity index is 309. The van der Waals surface area contributed by atoms with Crippen molar-refractivity contribution >= 4 is 5.78 Å². The van der Waals surface area contributed by atoms with E-state index in [2.05, 4.69) is 6.92 Å². The molecule has 0 heterocycles. The van der Waals surface area contributed by atoms with Gasteiger partial charge < -0.3 is 0 Å². The third kappa shape index (κ3) is 3.46. The van der Waals surface area contributed by atoms with Crippen LogP contribution in [0.3, 0.4) is 0 Å². The molecule has 0 saturated heterocycles. The van der Waals surface area contributed by atoms with Gasteiger partial charge in [-0.1, -0.05) is 19.8 Å². The van der Waals surface area contributed by atoms with Crippen molar-refractivity contribution in [2.24, 2.45) is 29.6 Å². The van der Waals surface area contributed by atoms with Gasteiger partial charge in [0.05, 0.1) is 0 Å². The van der Waals surface area contributed by atoms with Crippen molar-refractivity contribution in [1.29, 1.82) is 0 Å². The van der Waals surface area contributed by atoms with Gasteiger partial charge in [0.2, 0.25) is 0 Å². The highest BCUT2D eigenvalue weighted by atomic mass is 16.1. The fraction of sp³-hybridized carbons (Fsp3) is 0.947. The van der Waals surface area contributed by atoms with Crippen molar-refractivity contribution in [3.05, 3.63) is 0 Å². The van der Waals surface area contributed by atoms with Gasteiger partial charge in [-0.15, -0.1) is 0 Å². The second-order valence-corrected chi connectivity index (χ2v) is 8.07. The lowest BCUT2D eigenvalue weighted by Crippen LogP contribution is -2.29. The third-order valence-electron chi connectivity index (χ3n) is 6.80. The van der Waals surface area contributed by atoms with Gasteiger partial charge in [-0.3, -0.25) is 4.79 Å². The lowest BCUT2D eigenvalue weighted by molar-refractivity contribution is -0.121. The van der Waals surface area contributed by atoms with E-state index >= 15 is 0 Å². The van der Waals surface area contributed by atoms with Crippen LogP contribution >= 0.6 is 0 Å². The Balaban J connectivity index is 1.44. The number of hydrogen-bond acceptors (Lipinski definition) is 1. The molecule has 3 aliphatic rings. The summed E-state index contributed by atoms with van der Waals surface area (Å²) in [6, 6.07) is 0. The summed E-state index contributed by atoms with van der Waals surface area (Å²) in [6.45, 7) is 2.43. The number of hydrogen-bond donors (Lipinski definition) is 0. The predicted molar refractivity (Wildman–Crippen MR) is 83.5 cm³/mol. The minimum absolute atomic E-state index is 0.520. The van der Waals surface area contributed by atoms with Crippen LogP contribution in [0.1, 0.15) is 84.0 Å². The fourth-order valence-electron chi connectivity index (χ4n) is 5.28. The molecule has 3 rings (SSSR count). The van der Waals surface area contributed by atoms with E-state index in [1.54, 1.807) is 0 Å². The molecule has 0 aliphatic heterocycles. The fourth-order valence-corrected chi connectivity index (χ4v) is 5.28. The molecule has 1 heteroatoms. The summed E-state index contributed by atoms with van der Waals surface area (Å²) in [5, 5.41) is 0. The van der Waals surface area contributed by atoms with Gasteiger partial charge in [0.1, 0.15) is 5.78 Å². The van der Waals surface area contributed by atoms with E-state index in [1.165, 1.54) is 64.2 Å². The average molecular weight is 276 g/mol. The smallest absolute Gasteiger partial charge is 0.132 e. The molecular weight excluding hydrogens is 244 g/mol. The standard InChI is InChI=1S/C19H32O/c1-14-2-4-15(5-3-14)16-6-8-17(9-7-16)18-10-12-19(20)13-11-18/h14-18H,2-13H2,1H3. The highest BCUT2D eigenvalue weighted by molar-refractivity contribution is 5.79. The average Bonchev–Trinajstić information content (AvgIpc) is 2.49. The Morgan fingerprint density at radius 1 is 0.600 bits per heavy atom. The Labute approximate surface area is 124 Å². The molecule has 20 heavy (non-hydrogen) atoms. The quantitative estimate of drug-likeness (QED) is 0.662. The molecular formula is C19H32O. The van der Waals surface area contributed by atoms with Crippen molar-refractivity contribution < 1.29 is 4.79 Å². The van der Waals surface area contributed by atoms with Crippen LogP contribution in [0.2, 0.25) is 0 Å². The molecule has 0 unspecified atom stereocenters. The molecule has 0 radical (unpaired) electrons. The maximum Gasteiger partial charge on any atom is 0.132 e. The van der Waals surface area contributed by atoms with Crippen LogP contribution in [-0.4, -0.2) is 5.78 Å². The van der Waals surface area contributed by atoms with E-state index in [0.717, 1.165) is 42.4 Å². The van der Waals surface area contributed by atoms with Crippen molar-refractivity contribution in [2.75, 3.05) is 0 Å². The van der Waals surface area contributed by atoms with Crippen molar-refractivity contribution in [1.82, 2.24) is 0 Å². The molecule has 0 atom stereocenters. The second kappa shape index (κ2) is 6.62. The Kier molecular flexibility index (Phi) is 4.83. The summed E-state index contributed by atoms with van der Waals surface area (Å²) in [5.41, 5.74) is 0. The summed E-state index contributed by atoms with van der Waals surface area (Å²) < 4.78 is 0. The monoisotopic (exact) mass is 276 g/mol. The lowest BCUT2D eigenvalue weighted by atomic mass is 9.66. The van der Waals surface area contributed by atoms with Crippen molar-refractivity contribution in [3.63, 3.8) is 0 Å². The number of ketones is 1. The summed E-state index contributed by atoms with van der Waals surface area (Å²) in [5.74, 6) is 5.46. The molecule has 3 saturated carbocycles. The summed E-state index contributed by atoms with van der Waals surface area (Å²) in [7, 11) is 0. The van der Waals surface area contributed by atoms with Gasteiger partial charge in [-0.25, -0.2) is 0 Å². The number of carbonyl (C=O) groups is 1. The molecule has 0 aromatic rings. The predicted octanol–water partition coefficient (Wildman–Crippen LogP) is 5.38. The van der Waals surface area contributed by atoms with Crippen LogP contribution < -0.4 is 0 Å². The summed E-state index contributed by atoms with van der Waals surface area (Å²) >= 11 is 0. The molecule has 0 amide bonds. The van der Waals surface area contributed by atoms with Crippen LogP contribution in [0.4, 0.5) is 0 Å². The molecule has 0 aromatic carbocycles. The first-order chi connectivity index (χ1) is 9.72. The molecule has 114 valence electrons. The third-order valence-corrected chi connectivity index (χ3v) is 6.80. The van der Waals surface area contributed by atoms with Gasteiger partial charge in [-0.05, 0) is 81.0 Å². The van der Waals surface area contributed by atoms with E-state index in [0.29, 0.717) is 5.78 Å². The number of rotatable bonds is 2. The van der Waals surface area contributed by atoms with Crippen LogP contribution in [0.5, 0.6) is 0 Å². The molecule has 0 bridgehead atoms. The highest BCUT2D eigenvalue weighted by Crippen LogP contribution is 2.44. The van der Waals surface area contributed by atoms with Crippen LogP contribution in [-0.2, 0) is 4.79 Å². The summed E-state index contributed by atoms with van der Waals surface area (Å²) in [6.07, 6.45) is 16.1. The second-order valence-electron chi connectivity index (χ2n) is 8.07. The molecule has 0 aromatic heterocycles. The largest absolute Gasteiger partial charge is 0.300 e. The Morgan fingerprint density at radius 3 is 1.40 bits per heavy atom. The number of Topliss-reactive ketones (excluding diaryl/α,β-unsaturated/α-hetero) is 1. The van der Waals surface area contributed by atoms with Gasteiger partial charge in [-0.2, -0.15) is 0 Å². The Hall–Kier alpha value is -0.330. The zero-order valence-electron chi connectivity index (χ0n) is 13.3. The lowest BCUT2D eigenvalue weighted by Gasteiger charge is -2.40. The Morgan fingerprint density at radius 2 is 0.950 bits per heavy atom. The molecule has 0 N–H and O–H groups in total. The van der Waals surface area contributed by atoms with Gasteiger partial charge in [0.25, 0.3) is 0 Å². The zero-order chi connectivity index (χ0) is 13.9. The maximum atomic E-state index is 11.4. The van der Waals surface area contributed by atoms with Gasteiger partial charge >= 0.3 is 0 Å². The first-order valence-electron chi connectivity index (χ1n) is 9.24. The molecule has 1 nitrogen and oxygen atoms in total. The zero-order valence-corrected chi connectivity index (χ0v) is 13.3. The highest BCUT2D eigenvalue weighted by Gasteiger charge is 2.33. The normalized spacial score (nSPS) is 40.8. The molecule has 3 aliphatic carbocycles. The van der Waals surface area contributed by atoms with Gasteiger partial charge in [0.15, 0.2) is 0 Å². The van der Waals surface area contributed by atoms with Crippen LogP contribution in [0.15, 0.2) is 0 Å². The van der Waals surface area contributed by atoms with Crippen molar-refractivity contribution in [2.45, 2.75) is 84.0 Å². The van der Waals surface area contributed by atoms with E-state index < -0.39 is 0 Å². The summed E-state index contributed by atoms with van der Waals surface area (Å²) in [4.78, 5) is 11.4. The van der Waals surface area contributed by atoms with Crippen LogP contribution in [0.25, 0.3) is 0 Å². The van der Waals surface area contributed by atoms with E-state index in [9.17, 15) is 4.79 Å². The topological polar surface area (TPSA) is 17.1 Å². The van der Waals surface area contributed by atoms with E-state index in [-0.39, 0.29) is 0 Å². The first-order valence-corrected chi connectivity index (χ1v) is 9.24. The van der Waals surface area contributed by atoms with Crippen molar-refractivity contribution in [3.8, 4) is 0 Å². The number of carbonyl (C=O) groups excluding carboxylic acids is 1. The van der Waals surface area contributed by atoms with E-state index in [4.69, 9.17) is 0 Å². The maximum absolute atomic E-state index is 11.4. The van der Waals surface area contributed by atoms with Crippen LogP contribution in [0, 0.1) is 29.6 Å². The van der Waals surface area contributed by atoms with Gasteiger partial charge in [0, 0.05) is 12.8 Å². The minimum Gasteiger partial charge on any atom is -0.300 e. The first kappa shape index (κ1) is 14.6. The molecule has 0 spiro atoms.